The quantitative estimate of drug-likeness (QED) is 0.651. The van der Waals surface area contributed by atoms with Gasteiger partial charge in [-0.1, -0.05) is 38.3 Å². The van der Waals surface area contributed by atoms with E-state index in [4.69, 9.17) is 0 Å². The monoisotopic (exact) mass is 348 g/mol. The lowest BCUT2D eigenvalue weighted by atomic mass is 10.2. The number of fused-ring (bicyclic) bond motifs is 1. The zero-order valence-corrected chi connectivity index (χ0v) is 15.1. The number of rotatable bonds is 9. The Balaban J connectivity index is 2.36. The zero-order chi connectivity index (χ0) is 17.6. The number of hydrogen-bond donors (Lipinski definition) is 0. The molecule has 0 radical (unpaired) electrons. The third-order valence-corrected chi connectivity index (χ3v) is 5.82. The van der Waals surface area contributed by atoms with E-state index in [-0.39, 0.29) is 17.2 Å². The predicted molar refractivity (Wildman–Crippen MR) is 95.3 cm³/mol. The molecule has 0 unspecified atom stereocenters. The molecule has 130 valence electrons. The Morgan fingerprint density at radius 3 is 2.67 bits per heavy atom. The van der Waals surface area contributed by atoms with Crippen molar-refractivity contribution in [2.75, 3.05) is 13.1 Å². The maximum absolute atomic E-state index is 13.1. The normalized spacial score (nSPS) is 12.0. The molecule has 2 aromatic rings. The van der Waals surface area contributed by atoms with Crippen LogP contribution in [0.3, 0.4) is 0 Å². The van der Waals surface area contributed by atoms with Gasteiger partial charge in [-0.25, -0.2) is 8.42 Å². The molecule has 0 atom stereocenters. The van der Waals surface area contributed by atoms with E-state index in [1.165, 1.54) is 11.2 Å². The molecule has 1 heterocycles. The van der Waals surface area contributed by atoms with Crippen LogP contribution in [0.1, 0.15) is 39.5 Å². The van der Waals surface area contributed by atoms with E-state index in [2.05, 4.69) is 11.9 Å². The Kier molecular flexibility index (Phi) is 6.45. The molecule has 6 heteroatoms. The molecule has 0 N–H and O–H groups in total. The summed E-state index contributed by atoms with van der Waals surface area (Å²) in [7, 11) is -3.73. The first kappa shape index (κ1) is 18.5. The molecule has 0 saturated carbocycles. The van der Waals surface area contributed by atoms with Gasteiger partial charge >= 0.3 is 0 Å². The van der Waals surface area contributed by atoms with Crippen molar-refractivity contribution in [3.8, 4) is 0 Å². The fourth-order valence-corrected chi connectivity index (χ4v) is 4.42. The summed E-state index contributed by atoms with van der Waals surface area (Å²) in [6, 6.07) is 6.83. The summed E-state index contributed by atoms with van der Waals surface area (Å²) in [5.41, 5.74) is 0. The minimum absolute atomic E-state index is 0.0874. The second-order valence-corrected chi connectivity index (χ2v) is 7.86. The molecule has 0 aliphatic rings. The minimum atomic E-state index is -3.73. The number of aromatic nitrogens is 1. The lowest BCUT2D eigenvalue weighted by Crippen LogP contribution is -2.36. The minimum Gasteiger partial charge on any atom is -0.299 e. The molecule has 2 rings (SSSR count). The van der Waals surface area contributed by atoms with Gasteiger partial charge in [0, 0.05) is 29.7 Å². The Morgan fingerprint density at radius 2 is 1.96 bits per heavy atom. The zero-order valence-electron chi connectivity index (χ0n) is 14.2. The van der Waals surface area contributed by atoms with E-state index in [9.17, 15) is 13.2 Å². The molecule has 0 aliphatic carbocycles. The number of nitrogens with zero attached hydrogens (tertiary/aromatic N) is 2. The van der Waals surface area contributed by atoms with Crippen molar-refractivity contribution in [3.63, 3.8) is 0 Å². The van der Waals surface area contributed by atoms with Crippen LogP contribution in [0.4, 0.5) is 0 Å². The number of unbranched alkanes of at least 4 members (excludes halogenated alkanes) is 3. The number of sulfonamides is 1. The third kappa shape index (κ3) is 4.39. The molecule has 0 aliphatic heterocycles. The van der Waals surface area contributed by atoms with Gasteiger partial charge in [-0.3, -0.25) is 9.78 Å². The fourth-order valence-electron chi connectivity index (χ4n) is 2.70. The van der Waals surface area contributed by atoms with Crippen LogP contribution in [0.25, 0.3) is 10.8 Å². The van der Waals surface area contributed by atoms with E-state index in [0.29, 0.717) is 11.9 Å². The van der Waals surface area contributed by atoms with Gasteiger partial charge in [0.1, 0.15) is 5.78 Å². The molecular weight excluding hydrogens is 324 g/mol. The second kappa shape index (κ2) is 8.35. The Hall–Kier alpha value is -1.79. The average molecular weight is 348 g/mol. The number of ketones is 1. The van der Waals surface area contributed by atoms with Crippen molar-refractivity contribution in [1.29, 1.82) is 0 Å². The van der Waals surface area contributed by atoms with Gasteiger partial charge in [-0.2, -0.15) is 4.31 Å². The molecule has 0 spiro atoms. The summed E-state index contributed by atoms with van der Waals surface area (Å²) in [4.78, 5) is 15.8. The van der Waals surface area contributed by atoms with Crippen LogP contribution < -0.4 is 0 Å². The van der Waals surface area contributed by atoms with Crippen LogP contribution in [0.5, 0.6) is 0 Å². The predicted octanol–water partition coefficient (Wildman–Crippen LogP) is 3.39. The highest BCUT2D eigenvalue weighted by molar-refractivity contribution is 7.89. The van der Waals surface area contributed by atoms with Gasteiger partial charge in [0.15, 0.2) is 0 Å². The van der Waals surface area contributed by atoms with Crippen molar-refractivity contribution in [1.82, 2.24) is 9.29 Å². The Labute approximate surface area is 143 Å². The van der Waals surface area contributed by atoms with Crippen molar-refractivity contribution < 1.29 is 13.2 Å². The molecule has 0 bridgehead atoms. The van der Waals surface area contributed by atoms with Crippen LogP contribution in [-0.4, -0.2) is 36.6 Å². The van der Waals surface area contributed by atoms with Crippen molar-refractivity contribution >= 4 is 26.6 Å². The summed E-state index contributed by atoms with van der Waals surface area (Å²) in [6.07, 6.45) is 7.08. The summed E-state index contributed by atoms with van der Waals surface area (Å²) in [5, 5.41) is 1.40. The standard InChI is InChI=1S/C18H24N2O3S/c1-3-4-5-6-12-20(14-15(2)21)24(22,23)18-9-7-8-16-13-19-11-10-17(16)18/h7-11,13H,3-6,12,14H2,1-2H3. The van der Waals surface area contributed by atoms with Gasteiger partial charge in [0.25, 0.3) is 0 Å². The summed E-state index contributed by atoms with van der Waals surface area (Å²) >= 11 is 0. The largest absolute Gasteiger partial charge is 0.299 e. The first-order valence-corrected chi connectivity index (χ1v) is 9.73. The van der Waals surface area contributed by atoms with Crippen molar-refractivity contribution in [2.24, 2.45) is 0 Å². The smallest absolute Gasteiger partial charge is 0.244 e. The molecule has 0 amide bonds. The lowest BCUT2D eigenvalue weighted by Gasteiger charge is -2.22. The van der Waals surface area contributed by atoms with Crippen molar-refractivity contribution in [2.45, 2.75) is 44.4 Å². The van der Waals surface area contributed by atoms with E-state index in [1.807, 2.05) is 6.07 Å². The maximum atomic E-state index is 13.1. The van der Waals surface area contributed by atoms with Crippen molar-refractivity contribution in [3.05, 3.63) is 36.7 Å². The number of hydrogen-bond acceptors (Lipinski definition) is 4. The van der Waals surface area contributed by atoms with Crippen LogP contribution in [0.15, 0.2) is 41.6 Å². The molecule has 24 heavy (non-hydrogen) atoms. The van der Waals surface area contributed by atoms with Crippen LogP contribution in [0, 0.1) is 0 Å². The van der Waals surface area contributed by atoms with Crippen LogP contribution in [0.2, 0.25) is 0 Å². The van der Waals surface area contributed by atoms with E-state index >= 15 is 0 Å². The first-order valence-electron chi connectivity index (χ1n) is 8.29. The van der Waals surface area contributed by atoms with E-state index < -0.39 is 10.0 Å². The number of Topliss-reactive ketones (excluding diaryl/α,β-unsaturated/α-hetero) is 1. The molecule has 0 saturated heterocycles. The Bertz CT molecular complexity index is 798. The maximum Gasteiger partial charge on any atom is 0.244 e. The number of benzene rings is 1. The molecule has 1 aromatic carbocycles. The highest BCUT2D eigenvalue weighted by Gasteiger charge is 2.26. The third-order valence-electron chi connectivity index (χ3n) is 3.92. The van der Waals surface area contributed by atoms with Gasteiger partial charge in [0.2, 0.25) is 10.0 Å². The topological polar surface area (TPSA) is 67.3 Å². The molecule has 0 fully saturated rings. The first-order chi connectivity index (χ1) is 11.5. The number of pyridine rings is 1. The molecule has 5 nitrogen and oxygen atoms in total. The van der Waals surface area contributed by atoms with Gasteiger partial charge in [-0.05, 0) is 25.5 Å². The Morgan fingerprint density at radius 1 is 1.17 bits per heavy atom. The summed E-state index contributed by atoms with van der Waals surface area (Å²) < 4.78 is 27.5. The highest BCUT2D eigenvalue weighted by Crippen LogP contribution is 2.25. The van der Waals surface area contributed by atoms with Gasteiger partial charge in [-0.15, -0.1) is 0 Å². The SMILES string of the molecule is CCCCCCN(CC(C)=O)S(=O)(=O)c1cccc2cnccc12. The van der Waals surface area contributed by atoms with Gasteiger partial charge in [0.05, 0.1) is 11.4 Å². The summed E-state index contributed by atoms with van der Waals surface area (Å²) in [5.74, 6) is -0.157. The van der Waals surface area contributed by atoms with E-state index in [0.717, 1.165) is 31.1 Å². The van der Waals surface area contributed by atoms with Crippen LogP contribution >= 0.6 is 0 Å². The average Bonchev–Trinajstić information content (AvgIpc) is 2.56. The van der Waals surface area contributed by atoms with Gasteiger partial charge < -0.3 is 0 Å². The summed E-state index contributed by atoms with van der Waals surface area (Å²) in [6.45, 7) is 3.80. The number of carbonyl (C=O) groups is 1. The molecular formula is C18H24N2O3S. The highest BCUT2D eigenvalue weighted by atomic mass is 32.2. The van der Waals surface area contributed by atoms with Crippen LogP contribution in [-0.2, 0) is 14.8 Å². The second-order valence-electron chi connectivity index (χ2n) is 5.95. The number of carbonyl (C=O) groups excluding carboxylic acids is 1. The van der Waals surface area contributed by atoms with E-state index in [1.54, 1.807) is 30.6 Å². The fraction of sp³-hybridized carbons (Fsp3) is 0.444. The molecule has 1 aromatic heterocycles. The lowest BCUT2D eigenvalue weighted by molar-refractivity contribution is -0.117.